The highest BCUT2D eigenvalue weighted by Crippen LogP contribution is 2.27. The molecule has 4 heterocycles. The number of pyridine rings is 2. The number of nitriles is 1. The standard InChI is InChI=1S/C27H33N7O2S/c1-27(2,3)17-36-25-20(13-28)21(29)12-23(33-25)24(35)31-14-18-7-10-34(11-8-18)16-19-15-32-26(37-19)22-6-4-5-9-30-22/h4-6,9,12,15,18H,7-8,10-11,14,16-17H2,1-3H3,(H2,29,33)(H,31,35). The predicted molar refractivity (Wildman–Crippen MR) is 144 cm³/mol. The van der Waals surface area contributed by atoms with Gasteiger partial charge in [0.1, 0.15) is 22.3 Å². The number of carbonyl (C=O) groups is 1. The molecule has 1 aliphatic heterocycles. The van der Waals surface area contributed by atoms with Gasteiger partial charge in [0, 0.05) is 30.4 Å². The Hall–Kier alpha value is -3.55. The Morgan fingerprint density at radius 1 is 1.30 bits per heavy atom. The van der Waals surface area contributed by atoms with E-state index < -0.39 is 0 Å². The summed E-state index contributed by atoms with van der Waals surface area (Å²) in [6, 6.07) is 9.32. The van der Waals surface area contributed by atoms with Gasteiger partial charge in [0.15, 0.2) is 0 Å². The molecule has 10 heteroatoms. The number of nitrogen functional groups attached to an aromatic ring is 1. The quantitative estimate of drug-likeness (QED) is 0.454. The number of aromatic nitrogens is 3. The second-order valence-electron chi connectivity index (χ2n) is 10.5. The summed E-state index contributed by atoms with van der Waals surface area (Å²) in [7, 11) is 0. The average molecular weight is 520 g/mol. The van der Waals surface area contributed by atoms with Crippen molar-refractivity contribution < 1.29 is 9.53 Å². The van der Waals surface area contributed by atoms with E-state index in [1.807, 2.05) is 51.2 Å². The monoisotopic (exact) mass is 519 g/mol. The highest BCUT2D eigenvalue weighted by atomic mass is 32.1. The summed E-state index contributed by atoms with van der Waals surface area (Å²) in [6.45, 7) is 9.76. The van der Waals surface area contributed by atoms with Crippen molar-refractivity contribution in [3.63, 3.8) is 0 Å². The summed E-state index contributed by atoms with van der Waals surface area (Å²) >= 11 is 1.68. The van der Waals surface area contributed by atoms with Crippen molar-refractivity contribution in [2.45, 2.75) is 40.2 Å². The molecule has 1 fully saturated rings. The zero-order valence-corrected chi connectivity index (χ0v) is 22.3. The number of piperidine rings is 1. The van der Waals surface area contributed by atoms with Gasteiger partial charge in [-0.25, -0.2) is 9.97 Å². The van der Waals surface area contributed by atoms with Gasteiger partial charge in [-0.05, 0) is 55.5 Å². The van der Waals surface area contributed by atoms with Crippen LogP contribution in [-0.2, 0) is 6.54 Å². The van der Waals surface area contributed by atoms with Gasteiger partial charge in [-0.3, -0.25) is 14.7 Å². The average Bonchev–Trinajstić information content (AvgIpc) is 3.35. The van der Waals surface area contributed by atoms with Gasteiger partial charge in [-0.15, -0.1) is 11.3 Å². The molecule has 37 heavy (non-hydrogen) atoms. The van der Waals surface area contributed by atoms with Gasteiger partial charge < -0.3 is 15.8 Å². The fourth-order valence-corrected chi connectivity index (χ4v) is 4.98. The van der Waals surface area contributed by atoms with Crippen molar-refractivity contribution in [3.05, 3.63) is 52.8 Å². The lowest BCUT2D eigenvalue weighted by molar-refractivity contribution is 0.0928. The predicted octanol–water partition coefficient (Wildman–Crippen LogP) is 4.12. The first kappa shape index (κ1) is 26.5. The number of nitrogens with zero attached hydrogens (tertiary/aromatic N) is 5. The molecule has 0 bridgehead atoms. The molecule has 0 aliphatic carbocycles. The summed E-state index contributed by atoms with van der Waals surface area (Å²) in [5, 5.41) is 13.4. The van der Waals surface area contributed by atoms with E-state index in [-0.39, 0.29) is 34.1 Å². The number of nitrogens with one attached hydrogen (secondary N) is 1. The second-order valence-corrected chi connectivity index (χ2v) is 11.6. The molecule has 0 atom stereocenters. The first-order valence-electron chi connectivity index (χ1n) is 12.4. The third-order valence-corrected chi connectivity index (χ3v) is 7.08. The summed E-state index contributed by atoms with van der Waals surface area (Å²) in [5.74, 6) is 0.175. The van der Waals surface area contributed by atoms with Gasteiger partial charge in [0.25, 0.3) is 5.91 Å². The van der Waals surface area contributed by atoms with Crippen molar-refractivity contribution in [1.82, 2.24) is 25.2 Å². The summed E-state index contributed by atoms with van der Waals surface area (Å²) in [6.07, 6.45) is 5.72. The third kappa shape index (κ3) is 7.24. The van der Waals surface area contributed by atoms with E-state index in [4.69, 9.17) is 10.5 Å². The SMILES string of the molecule is CC(C)(C)COc1nc(C(=O)NCC2CCN(Cc3cnc(-c4ccccn4)s3)CC2)cc(N)c1C#N. The maximum atomic E-state index is 12.8. The minimum atomic E-state index is -0.314. The first-order chi connectivity index (χ1) is 17.7. The Kier molecular flexibility index (Phi) is 8.36. The lowest BCUT2D eigenvalue weighted by atomic mass is 9.96. The molecule has 3 aromatic rings. The van der Waals surface area contributed by atoms with Gasteiger partial charge in [-0.2, -0.15) is 5.26 Å². The molecule has 194 valence electrons. The number of hydrogen-bond acceptors (Lipinski definition) is 9. The Bertz CT molecular complexity index is 1260. The first-order valence-corrected chi connectivity index (χ1v) is 13.2. The molecule has 0 spiro atoms. The zero-order chi connectivity index (χ0) is 26.4. The van der Waals surface area contributed by atoms with Gasteiger partial charge in [0.2, 0.25) is 5.88 Å². The van der Waals surface area contributed by atoms with E-state index in [2.05, 4.69) is 25.2 Å². The smallest absolute Gasteiger partial charge is 0.270 e. The van der Waals surface area contributed by atoms with Crippen LogP contribution in [0.25, 0.3) is 10.7 Å². The maximum Gasteiger partial charge on any atom is 0.270 e. The van der Waals surface area contributed by atoms with E-state index in [9.17, 15) is 10.1 Å². The van der Waals surface area contributed by atoms with Gasteiger partial charge in [0.05, 0.1) is 18.0 Å². The Balaban J connectivity index is 1.27. The van der Waals surface area contributed by atoms with E-state index in [1.165, 1.54) is 10.9 Å². The lowest BCUT2D eigenvalue weighted by Crippen LogP contribution is -2.38. The van der Waals surface area contributed by atoms with Crippen LogP contribution >= 0.6 is 11.3 Å². The van der Waals surface area contributed by atoms with Gasteiger partial charge in [-0.1, -0.05) is 26.8 Å². The molecule has 1 amide bonds. The molecule has 4 rings (SSSR count). The van der Waals surface area contributed by atoms with Crippen LogP contribution < -0.4 is 15.8 Å². The molecule has 0 radical (unpaired) electrons. The van der Waals surface area contributed by atoms with Crippen molar-refractivity contribution in [2.75, 3.05) is 32.0 Å². The number of hydrogen-bond donors (Lipinski definition) is 2. The molecular formula is C27H33N7O2S. The van der Waals surface area contributed by atoms with Crippen molar-refractivity contribution >= 4 is 22.9 Å². The zero-order valence-electron chi connectivity index (χ0n) is 21.5. The van der Waals surface area contributed by atoms with E-state index >= 15 is 0 Å². The molecule has 1 aliphatic rings. The fourth-order valence-electron chi connectivity index (χ4n) is 4.04. The van der Waals surface area contributed by atoms with Crippen LogP contribution in [-0.4, -0.2) is 52.0 Å². The summed E-state index contributed by atoms with van der Waals surface area (Å²) < 4.78 is 5.74. The molecule has 0 aromatic carbocycles. The van der Waals surface area contributed by atoms with Crippen LogP contribution in [0, 0.1) is 22.7 Å². The number of nitrogens with two attached hydrogens (primary N) is 1. The Morgan fingerprint density at radius 3 is 2.76 bits per heavy atom. The van der Waals surface area contributed by atoms with Crippen molar-refractivity contribution in [2.24, 2.45) is 11.3 Å². The molecule has 1 saturated heterocycles. The number of ether oxygens (including phenoxy) is 1. The van der Waals surface area contributed by atoms with Crippen LogP contribution in [0.5, 0.6) is 5.88 Å². The fraction of sp³-hybridized carbons (Fsp3) is 0.444. The van der Waals surface area contributed by atoms with E-state index in [0.717, 1.165) is 43.2 Å². The number of thiazole rings is 1. The third-order valence-electron chi connectivity index (χ3n) is 6.08. The minimum Gasteiger partial charge on any atom is -0.476 e. The molecule has 0 saturated carbocycles. The Labute approximate surface area is 221 Å². The lowest BCUT2D eigenvalue weighted by Gasteiger charge is -2.31. The Morgan fingerprint density at radius 2 is 2.08 bits per heavy atom. The molecular weight excluding hydrogens is 486 g/mol. The highest BCUT2D eigenvalue weighted by molar-refractivity contribution is 7.14. The van der Waals surface area contributed by atoms with Crippen LogP contribution in [0.15, 0.2) is 36.7 Å². The largest absolute Gasteiger partial charge is 0.476 e. The van der Waals surface area contributed by atoms with Crippen LogP contribution in [0.1, 0.15) is 54.5 Å². The maximum absolute atomic E-state index is 12.8. The minimum absolute atomic E-state index is 0.102. The van der Waals surface area contributed by atoms with Crippen LogP contribution in [0.2, 0.25) is 0 Å². The highest BCUT2D eigenvalue weighted by Gasteiger charge is 2.23. The number of anilines is 1. The van der Waals surface area contributed by atoms with Crippen molar-refractivity contribution in [3.8, 4) is 22.7 Å². The number of amides is 1. The number of likely N-dealkylation sites (tertiary alicyclic amines) is 1. The van der Waals surface area contributed by atoms with E-state index in [0.29, 0.717) is 19.1 Å². The summed E-state index contributed by atoms with van der Waals surface area (Å²) in [5.41, 5.74) is 7.30. The molecule has 3 N–H and O–H groups in total. The van der Waals surface area contributed by atoms with Crippen LogP contribution in [0.4, 0.5) is 5.69 Å². The van der Waals surface area contributed by atoms with Crippen LogP contribution in [0.3, 0.4) is 0 Å². The van der Waals surface area contributed by atoms with E-state index in [1.54, 1.807) is 17.5 Å². The second kappa shape index (κ2) is 11.7. The van der Waals surface area contributed by atoms with Gasteiger partial charge >= 0.3 is 0 Å². The molecule has 0 unspecified atom stereocenters. The number of carbonyl (C=O) groups excluding carboxylic acids is 1. The molecule has 9 nitrogen and oxygen atoms in total. The number of rotatable bonds is 8. The molecule has 3 aromatic heterocycles. The topological polar surface area (TPSA) is 130 Å². The summed E-state index contributed by atoms with van der Waals surface area (Å²) in [4.78, 5) is 29.7. The normalized spacial score (nSPS) is 14.8. The van der Waals surface area contributed by atoms with Crippen molar-refractivity contribution in [1.29, 1.82) is 5.26 Å².